The smallest absolute Gasteiger partial charge is 0.303 e. The topological polar surface area (TPSA) is 81.6 Å². The van der Waals surface area contributed by atoms with Gasteiger partial charge < -0.3 is 9.47 Å². The lowest BCUT2D eigenvalue weighted by Crippen LogP contribution is -2.36. The van der Waals surface area contributed by atoms with E-state index < -0.39 is 12.1 Å². The summed E-state index contributed by atoms with van der Waals surface area (Å²) in [6.45, 7) is 7.66. The minimum atomic E-state index is -0.959. The predicted molar refractivity (Wildman–Crippen MR) is 144 cm³/mol. The summed E-state index contributed by atoms with van der Waals surface area (Å²) in [5.74, 6) is -0.146. The highest BCUT2D eigenvalue weighted by Crippen LogP contribution is 2.34. The zero-order chi connectivity index (χ0) is 25.9. The van der Waals surface area contributed by atoms with Gasteiger partial charge in [-0.25, -0.2) is 4.98 Å². The van der Waals surface area contributed by atoms with Crippen molar-refractivity contribution in [3.05, 3.63) is 53.7 Å². The van der Waals surface area contributed by atoms with Gasteiger partial charge in [-0.05, 0) is 56.7 Å². The van der Waals surface area contributed by atoms with Crippen molar-refractivity contribution in [3.63, 3.8) is 0 Å². The summed E-state index contributed by atoms with van der Waals surface area (Å²) in [6, 6.07) is 11.2. The number of ether oxygens (including phenoxy) is 2. The van der Waals surface area contributed by atoms with Gasteiger partial charge in [-0.3, -0.25) is 19.5 Å². The normalized spacial score (nSPS) is 11.7. The first-order chi connectivity index (χ1) is 17.4. The number of anilines is 2. The Labute approximate surface area is 217 Å². The van der Waals surface area contributed by atoms with Gasteiger partial charge in [-0.2, -0.15) is 0 Å². The van der Waals surface area contributed by atoms with E-state index in [9.17, 15) is 9.59 Å². The number of aryl methyl sites for hydroxylation is 1. The number of carbonyl (C=O) groups is 2. The highest BCUT2D eigenvalue weighted by Gasteiger charge is 2.28. The summed E-state index contributed by atoms with van der Waals surface area (Å²) in [7, 11) is 0. The van der Waals surface area contributed by atoms with E-state index in [1.165, 1.54) is 48.8 Å². The molecule has 0 aliphatic heterocycles. The molecule has 0 saturated heterocycles. The number of hydrogen-bond donors (Lipinski definition) is 0. The van der Waals surface area contributed by atoms with Crippen LogP contribution in [-0.2, 0) is 14.3 Å². The zero-order valence-corrected chi connectivity index (χ0v) is 22.3. The Balaban J connectivity index is 1.75. The SMILES string of the molecule is CCCCCCCCOc1ccc(N(C(=O)C(C)OC(C)=O)c2nc(-c3ccc(C)nc3)cs2)cc1. The minimum absolute atomic E-state index is 0.381. The number of carbonyl (C=O) groups excluding carboxylic acids is 2. The molecule has 1 unspecified atom stereocenters. The molecule has 0 spiro atoms. The molecule has 1 amide bonds. The molecule has 0 aliphatic rings. The second kappa shape index (κ2) is 13.7. The molecular formula is C28H35N3O4S. The third-order valence-electron chi connectivity index (χ3n) is 5.66. The molecule has 0 N–H and O–H groups in total. The molecule has 1 aromatic carbocycles. The number of amides is 1. The lowest BCUT2D eigenvalue weighted by Gasteiger charge is -2.23. The van der Waals surface area contributed by atoms with Gasteiger partial charge in [0.05, 0.1) is 18.0 Å². The molecule has 0 radical (unpaired) electrons. The van der Waals surface area contributed by atoms with Gasteiger partial charge in [-0.1, -0.05) is 39.0 Å². The number of nitrogens with zero attached hydrogens (tertiary/aromatic N) is 3. The first-order valence-corrected chi connectivity index (χ1v) is 13.4. The maximum absolute atomic E-state index is 13.3. The molecule has 0 saturated carbocycles. The van der Waals surface area contributed by atoms with Gasteiger partial charge in [0.25, 0.3) is 5.91 Å². The van der Waals surface area contributed by atoms with Gasteiger partial charge in [0.15, 0.2) is 11.2 Å². The molecule has 192 valence electrons. The van der Waals surface area contributed by atoms with Crippen LogP contribution in [0.3, 0.4) is 0 Å². The summed E-state index contributed by atoms with van der Waals surface area (Å²) in [5, 5.41) is 2.37. The van der Waals surface area contributed by atoms with Crippen LogP contribution in [0.1, 0.15) is 65.0 Å². The van der Waals surface area contributed by atoms with Crippen LogP contribution >= 0.6 is 11.3 Å². The van der Waals surface area contributed by atoms with Crippen molar-refractivity contribution in [1.82, 2.24) is 9.97 Å². The largest absolute Gasteiger partial charge is 0.494 e. The molecule has 1 atom stereocenters. The number of benzene rings is 1. The van der Waals surface area contributed by atoms with E-state index in [0.717, 1.165) is 35.5 Å². The van der Waals surface area contributed by atoms with Gasteiger partial charge in [0.1, 0.15) is 5.75 Å². The highest BCUT2D eigenvalue weighted by molar-refractivity contribution is 7.14. The predicted octanol–water partition coefficient (Wildman–Crippen LogP) is 6.87. The number of hydrogen-bond acceptors (Lipinski definition) is 7. The van der Waals surface area contributed by atoms with Crippen LogP contribution in [0.5, 0.6) is 5.75 Å². The van der Waals surface area contributed by atoms with E-state index in [0.29, 0.717) is 17.4 Å². The molecule has 0 aliphatic carbocycles. The van der Waals surface area contributed by atoms with Crippen molar-refractivity contribution in [2.24, 2.45) is 0 Å². The second-order valence-corrected chi connectivity index (χ2v) is 9.58. The maximum atomic E-state index is 13.3. The maximum Gasteiger partial charge on any atom is 0.303 e. The summed E-state index contributed by atoms with van der Waals surface area (Å²) < 4.78 is 11.1. The third kappa shape index (κ3) is 7.88. The molecular weight excluding hydrogens is 474 g/mol. The van der Waals surface area contributed by atoms with Crippen LogP contribution in [0.2, 0.25) is 0 Å². The van der Waals surface area contributed by atoms with Crippen LogP contribution < -0.4 is 9.64 Å². The Hall–Kier alpha value is -3.26. The first-order valence-electron chi connectivity index (χ1n) is 12.5. The van der Waals surface area contributed by atoms with E-state index >= 15 is 0 Å². The summed E-state index contributed by atoms with van der Waals surface area (Å²) in [5.41, 5.74) is 3.12. The molecule has 0 fully saturated rings. The summed E-state index contributed by atoms with van der Waals surface area (Å²) in [4.78, 5) is 35.3. The van der Waals surface area contributed by atoms with Gasteiger partial charge in [0, 0.05) is 29.8 Å². The Morgan fingerprint density at radius 2 is 1.75 bits per heavy atom. The lowest BCUT2D eigenvalue weighted by atomic mass is 10.1. The molecule has 8 heteroatoms. The molecule has 2 heterocycles. The van der Waals surface area contributed by atoms with Crippen LogP contribution in [0.15, 0.2) is 48.0 Å². The van der Waals surface area contributed by atoms with Crippen molar-refractivity contribution >= 4 is 34.0 Å². The van der Waals surface area contributed by atoms with E-state index in [1.807, 2.05) is 48.7 Å². The van der Waals surface area contributed by atoms with E-state index in [-0.39, 0.29) is 5.91 Å². The fraction of sp³-hybridized carbons (Fsp3) is 0.429. The number of pyridine rings is 1. The molecule has 3 aromatic rings. The Morgan fingerprint density at radius 3 is 2.42 bits per heavy atom. The van der Waals surface area contributed by atoms with Crippen molar-refractivity contribution in [2.75, 3.05) is 11.5 Å². The highest BCUT2D eigenvalue weighted by atomic mass is 32.1. The average Bonchev–Trinajstić information content (AvgIpc) is 3.34. The van der Waals surface area contributed by atoms with E-state index in [1.54, 1.807) is 13.1 Å². The van der Waals surface area contributed by atoms with E-state index in [2.05, 4.69) is 11.9 Å². The summed E-state index contributed by atoms with van der Waals surface area (Å²) in [6.07, 6.45) is 8.03. The van der Waals surface area contributed by atoms with Crippen LogP contribution in [0, 0.1) is 6.92 Å². The third-order valence-corrected chi connectivity index (χ3v) is 6.49. The standard InChI is InChI=1S/C28H35N3O4S/c1-5-6-7-8-9-10-17-34-25-15-13-24(14-16-25)31(27(33)21(3)35-22(4)32)28-30-26(19-36-28)23-12-11-20(2)29-18-23/h11-16,18-19,21H,5-10,17H2,1-4H3. The number of rotatable bonds is 13. The van der Waals surface area contributed by atoms with Gasteiger partial charge in [-0.15, -0.1) is 11.3 Å². The number of aromatic nitrogens is 2. The fourth-order valence-electron chi connectivity index (χ4n) is 3.70. The fourth-order valence-corrected chi connectivity index (χ4v) is 4.55. The minimum Gasteiger partial charge on any atom is -0.494 e. The van der Waals surface area contributed by atoms with Crippen molar-refractivity contribution in [3.8, 4) is 17.0 Å². The van der Waals surface area contributed by atoms with Crippen LogP contribution in [-0.4, -0.2) is 34.6 Å². The molecule has 7 nitrogen and oxygen atoms in total. The quantitative estimate of drug-likeness (QED) is 0.185. The molecule has 3 rings (SSSR count). The average molecular weight is 510 g/mol. The summed E-state index contributed by atoms with van der Waals surface area (Å²) >= 11 is 1.34. The number of esters is 1. The number of unbranched alkanes of at least 4 members (excludes halogenated alkanes) is 5. The van der Waals surface area contributed by atoms with Crippen molar-refractivity contribution in [2.45, 2.75) is 72.3 Å². The Morgan fingerprint density at radius 1 is 1.03 bits per heavy atom. The van der Waals surface area contributed by atoms with E-state index in [4.69, 9.17) is 14.5 Å². The van der Waals surface area contributed by atoms with Gasteiger partial charge >= 0.3 is 5.97 Å². The van der Waals surface area contributed by atoms with Crippen LogP contribution in [0.25, 0.3) is 11.3 Å². The second-order valence-electron chi connectivity index (χ2n) is 8.74. The van der Waals surface area contributed by atoms with Crippen molar-refractivity contribution < 1.29 is 19.1 Å². The molecule has 0 bridgehead atoms. The monoisotopic (exact) mass is 509 g/mol. The van der Waals surface area contributed by atoms with Crippen molar-refractivity contribution in [1.29, 1.82) is 0 Å². The number of thiazole rings is 1. The van der Waals surface area contributed by atoms with Crippen LogP contribution in [0.4, 0.5) is 10.8 Å². The Bertz CT molecular complexity index is 1110. The lowest BCUT2D eigenvalue weighted by molar-refractivity contribution is -0.151. The van der Waals surface area contributed by atoms with Gasteiger partial charge in [0.2, 0.25) is 0 Å². The zero-order valence-electron chi connectivity index (χ0n) is 21.5. The Kier molecular flexibility index (Phi) is 10.4. The molecule has 2 aromatic heterocycles. The first kappa shape index (κ1) is 27.3. The molecule has 36 heavy (non-hydrogen) atoms.